The smallest absolute Gasteiger partial charge is 0.355 e. The number of hydrogen-bond acceptors (Lipinski definition) is 1. The van der Waals surface area contributed by atoms with Gasteiger partial charge in [-0.1, -0.05) is 6.42 Å². The fourth-order valence-corrected chi connectivity index (χ4v) is 1.46. The Hall–Kier alpha value is -0.740. The molecule has 1 amide bonds. The first-order valence-electron chi connectivity index (χ1n) is 4.19. The summed E-state index contributed by atoms with van der Waals surface area (Å²) in [5, 5.41) is 2.24. The number of nitrogens with one attached hydrogen (secondary N) is 1. The second kappa shape index (κ2) is 3.20. The van der Waals surface area contributed by atoms with Gasteiger partial charge in [0, 0.05) is 13.5 Å². The van der Waals surface area contributed by atoms with Crippen LogP contribution in [-0.2, 0) is 4.79 Å². The van der Waals surface area contributed by atoms with Gasteiger partial charge < -0.3 is 5.32 Å². The monoisotopic (exact) mass is 195 g/mol. The number of amides is 1. The van der Waals surface area contributed by atoms with Crippen LogP contribution in [0.4, 0.5) is 13.2 Å². The summed E-state index contributed by atoms with van der Waals surface area (Å²) >= 11 is 0. The second-order valence-corrected chi connectivity index (χ2v) is 3.54. The van der Waals surface area contributed by atoms with Crippen LogP contribution in [0.1, 0.15) is 26.2 Å². The molecule has 2 nitrogen and oxygen atoms in total. The number of alkyl halides is 3. The highest BCUT2D eigenvalue weighted by Crippen LogP contribution is 2.52. The lowest BCUT2D eigenvalue weighted by Gasteiger charge is -2.43. The Morgan fingerprint density at radius 2 is 2.00 bits per heavy atom. The lowest BCUT2D eigenvalue weighted by atomic mass is 9.68. The van der Waals surface area contributed by atoms with E-state index in [4.69, 9.17) is 0 Å². The molecule has 1 saturated carbocycles. The average Bonchev–Trinajstić information content (AvgIpc) is 1.80. The molecule has 1 fully saturated rings. The topological polar surface area (TPSA) is 29.1 Å². The Morgan fingerprint density at radius 1 is 1.46 bits per heavy atom. The molecule has 0 atom stereocenters. The molecule has 13 heavy (non-hydrogen) atoms. The Morgan fingerprint density at radius 3 is 2.23 bits per heavy atom. The minimum absolute atomic E-state index is 0.136. The van der Waals surface area contributed by atoms with E-state index in [1.807, 2.05) is 0 Å². The van der Waals surface area contributed by atoms with Crippen molar-refractivity contribution in [1.82, 2.24) is 5.32 Å². The standard InChI is InChI=1S/C8H12F3NO/c1-6(13)12-5-7(3-2-4-7)8(9,10)11/h2-5H2,1H3,(H,12,13). The molecule has 0 aromatic rings. The Bertz CT molecular complexity index is 208. The first-order valence-corrected chi connectivity index (χ1v) is 4.19. The van der Waals surface area contributed by atoms with Crippen LogP contribution in [0.2, 0.25) is 0 Å². The third-order valence-corrected chi connectivity index (χ3v) is 2.59. The molecule has 1 rings (SSSR count). The highest BCUT2D eigenvalue weighted by atomic mass is 19.4. The summed E-state index contributed by atoms with van der Waals surface area (Å²) in [4.78, 5) is 10.5. The van der Waals surface area contributed by atoms with E-state index in [-0.39, 0.29) is 19.4 Å². The van der Waals surface area contributed by atoms with Gasteiger partial charge in [0.2, 0.25) is 5.91 Å². The van der Waals surface area contributed by atoms with E-state index in [0.29, 0.717) is 6.42 Å². The molecule has 5 heteroatoms. The maximum atomic E-state index is 12.5. The van der Waals surface area contributed by atoms with Crippen LogP contribution in [0.25, 0.3) is 0 Å². The predicted octanol–water partition coefficient (Wildman–Crippen LogP) is 1.86. The van der Waals surface area contributed by atoms with E-state index in [0.717, 1.165) is 0 Å². The van der Waals surface area contributed by atoms with E-state index in [9.17, 15) is 18.0 Å². The van der Waals surface area contributed by atoms with Gasteiger partial charge in [-0.3, -0.25) is 4.79 Å². The van der Waals surface area contributed by atoms with Crippen molar-refractivity contribution in [2.45, 2.75) is 32.4 Å². The van der Waals surface area contributed by atoms with Gasteiger partial charge in [-0.25, -0.2) is 0 Å². The van der Waals surface area contributed by atoms with Crippen molar-refractivity contribution >= 4 is 5.91 Å². The van der Waals surface area contributed by atoms with Crippen molar-refractivity contribution < 1.29 is 18.0 Å². The third-order valence-electron chi connectivity index (χ3n) is 2.59. The largest absolute Gasteiger partial charge is 0.396 e. The van der Waals surface area contributed by atoms with Gasteiger partial charge in [0.15, 0.2) is 0 Å². The number of halogens is 3. The van der Waals surface area contributed by atoms with Crippen molar-refractivity contribution in [1.29, 1.82) is 0 Å². The Balaban J connectivity index is 2.55. The highest BCUT2D eigenvalue weighted by molar-refractivity contribution is 5.72. The zero-order chi connectivity index (χ0) is 10.1. The lowest BCUT2D eigenvalue weighted by Crippen LogP contribution is -2.51. The zero-order valence-corrected chi connectivity index (χ0v) is 7.37. The number of carbonyl (C=O) groups is 1. The first kappa shape index (κ1) is 10.3. The molecule has 0 unspecified atom stereocenters. The van der Waals surface area contributed by atoms with Crippen LogP contribution in [0.15, 0.2) is 0 Å². The van der Waals surface area contributed by atoms with Crippen LogP contribution < -0.4 is 5.32 Å². The summed E-state index contributed by atoms with van der Waals surface area (Å²) in [6.07, 6.45) is -3.32. The molecule has 0 aromatic carbocycles. The van der Waals surface area contributed by atoms with Gasteiger partial charge in [-0.15, -0.1) is 0 Å². The zero-order valence-electron chi connectivity index (χ0n) is 7.37. The van der Waals surface area contributed by atoms with Crippen LogP contribution >= 0.6 is 0 Å². The summed E-state index contributed by atoms with van der Waals surface area (Å²) in [5.41, 5.74) is -1.64. The minimum Gasteiger partial charge on any atom is -0.355 e. The van der Waals surface area contributed by atoms with Crippen molar-refractivity contribution in [3.63, 3.8) is 0 Å². The van der Waals surface area contributed by atoms with E-state index >= 15 is 0 Å². The van der Waals surface area contributed by atoms with Crippen LogP contribution in [0.5, 0.6) is 0 Å². The van der Waals surface area contributed by atoms with Gasteiger partial charge in [-0.05, 0) is 12.8 Å². The molecule has 0 aliphatic heterocycles. The first-order chi connectivity index (χ1) is 5.87. The number of rotatable bonds is 2. The molecule has 76 valence electrons. The van der Waals surface area contributed by atoms with Gasteiger partial charge >= 0.3 is 6.18 Å². The minimum atomic E-state index is -4.19. The summed E-state index contributed by atoms with van der Waals surface area (Å²) in [6.45, 7) is 0.953. The average molecular weight is 195 g/mol. The van der Waals surface area contributed by atoms with Crippen molar-refractivity contribution in [3.05, 3.63) is 0 Å². The third kappa shape index (κ3) is 1.95. The van der Waals surface area contributed by atoms with Crippen molar-refractivity contribution in [3.8, 4) is 0 Å². The van der Waals surface area contributed by atoms with Crippen molar-refractivity contribution in [2.75, 3.05) is 6.54 Å². The number of hydrogen-bond donors (Lipinski definition) is 1. The maximum Gasteiger partial charge on any atom is 0.396 e. The molecule has 0 saturated heterocycles. The van der Waals surface area contributed by atoms with Crippen LogP contribution in [0.3, 0.4) is 0 Å². The maximum absolute atomic E-state index is 12.5. The summed E-state index contributed by atoms with van der Waals surface area (Å²) < 4.78 is 37.4. The van der Waals surface area contributed by atoms with Crippen LogP contribution in [-0.4, -0.2) is 18.6 Å². The predicted molar refractivity (Wildman–Crippen MR) is 41.0 cm³/mol. The van der Waals surface area contributed by atoms with Gasteiger partial charge in [0.25, 0.3) is 0 Å². The molecule has 1 aliphatic rings. The van der Waals surface area contributed by atoms with Crippen molar-refractivity contribution in [2.24, 2.45) is 5.41 Å². The fourth-order valence-electron chi connectivity index (χ4n) is 1.46. The second-order valence-electron chi connectivity index (χ2n) is 3.54. The Kier molecular flexibility index (Phi) is 2.54. The summed E-state index contributed by atoms with van der Waals surface area (Å²) in [7, 11) is 0. The molecule has 0 radical (unpaired) electrons. The Labute approximate surface area is 74.5 Å². The normalized spacial score (nSPS) is 20.6. The molecule has 1 aliphatic carbocycles. The van der Waals surface area contributed by atoms with E-state index in [1.54, 1.807) is 0 Å². The number of carbonyl (C=O) groups excluding carboxylic acids is 1. The molecule has 1 N–H and O–H groups in total. The lowest BCUT2D eigenvalue weighted by molar-refractivity contribution is -0.248. The SMILES string of the molecule is CC(=O)NCC1(C(F)(F)F)CCC1. The molecule has 0 spiro atoms. The fraction of sp³-hybridized carbons (Fsp3) is 0.875. The quantitative estimate of drug-likeness (QED) is 0.715. The van der Waals surface area contributed by atoms with Gasteiger partial charge in [0.1, 0.15) is 0 Å². The molecular weight excluding hydrogens is 183 g/mol. The van der Waals surface area contributed by atoms with E-state index in [2.05, 4.69) is 5.32 Å². The molecule has 0 heterocycles. The van der Waals surface area contributed by atoms with Crippen LogP contribution in [0, 0.1) is 5.41 Å². The molecule has 0 bridgehead atoms. The van der Waals surface area contributed by atoms with Gasteiger partial charge in [-0.2, -0.15) is 13.2 Å². The van der Waals surface area contributed by atoms with Gasteiger partial charge in [0.05, 0.1) is 5.41 Å². The van der Waals surface area contributed by atoms with E-state index < -0.39 is 17.5 Å². The molecule has 0 aromatic heterocycles. The van der Waals surface area contributed by atoms with E-state index in [1.165, 1.54) is 6.92 Å². The molecular formula is C8H12F3NO. The summed E-state index contributed by atoms with van der Waals surface area (Å²) in [5.74, 6) is -0.407. The summed E-state index contributed by atoms with van der Waals surface area (Å²) in [6, 6.07) is 0. The highest BCUT2D eigenvalue weighted by Gasteiger charge is 2.57.